The number of imide groups is 1. The zero-order chi connectivity index (χ0) is 16.6. The minimum atomic E-state index is -0.477. The first-order valence-electron chi connectivity index (χ1n) is 7.56. The van der Waals surface area contributed by atoms with Gasteiger partial charge in [0.2, 0.25) is 0 Å². The fourth-order valence-corrected chi connectivity index (χ4v) is 1.86. The maximum absolute atomic E-state index is 11.4. The summed E-state index contributed by atoms with van der Waals surface area (Å²) in [5.41, 5.74) is 2.32. The van der Waals surface area contributed by atoms with Crippen LogP contribution in [-0.2, 0) is 14.3 Å². The molecule has 0 fully saturated rings. The number of alkyl carbamates (subject to hydrolysis) is 1. The van der Waals surface area contributed by atoms with Crippen LogP contribution < -0.4 is 10.7 Å². The van der Waals surface area contributed by atoms with Gasteiger partial charge in [0.05, 0.1) is 0 Å². The molecule has 124 valence electrons. The maximum Gasteiger partial charge on any atom is 0.407 e. The monoisotopic (exact) mass is 311 g/mol. The second-order valence-electron chi connectivity index (χ2n) is 6.10. The summed E-state index contributed by atoms with van der Waals surface area (Å²) in [5.74, 6) is -0.655. The number of hydrogen-bond donors (Lipinski definition) is 2. The van der Waals surface area contributed by atoms with Crippen LogP contribution in [0.2, 0.25) is 0 Å². The van der Waals surface area contributed by atoms with Crippen LogP contribution in [0.25, 0.3) is 0 Å². The van der Waals surface area contributed by atoms with Crippen LogP contribution in [0.1, 0.15) is 46.5 Å². The predicted octanol–water partition coefficient (Wildman–Crippen LogP) is 1.50. The van der Waals surface area contributed by atoms with Crippen molar-refractivity contribution in [3.63, 3.8) is 0 Å². The van der Waals surface area contributed by atoms with Gasteiger partial charge in [-0.3, -0.25) is 9.59 Å². The van der Waals surface area contributed by atoms with Crippen molar-refractivity contribution in [2.75, 3.05) is 13.1 Å². The Balaban J connectivity index is 1.95. The van der Waals surface area contributed by atoms with Crippen LogP contribution in [0.5, 0.6) is 0 Å². The molecule has 22 heavy (non-hydrogen) atoms. The molecule has 0 spiro atoms. The van der Waals surface area contributed by atoms with Gasteiger partial charge in [-0.15, -0.1) is 0 Å². The van der Waals surface area contributed by atoms with Crippen LogP contribution in [0, 0.1) is 0 Å². The van der Waals surface area contributed by atoms with E-state index >= 15 is 0 Å². The number of unbranched alkanes of at least 4 members (excludes halogenated alkanes) is 3. The molecule has 1 heterocycles. The van der Waals surface area contributed by atoms with Crippen molar-refractivity contribution in [2.24, 2.45) is 0 Å². The number of nitrogens with zero attached hydrogens (tertiary/aromatic N) is 1. The van der Waals surface area contributed by atoms with Gasteiger partial charge in [0.25, 0.3) is 11.8 Å². The molecule has 1 aliphatic rings. The summed E-state index contributed by atoms with van der Waals surface area (Å²) >= 11 is 0. The molecule has 0 aromatic carbocycles. The van der Waals surface area contributed by atoms with Gasteiger partial charge in [0.15, 0.2) is 0 Å². The van der Waals surface area contributed by atoms with E-state index in [1.807, 2.05) is 20.8 Å². The normalized spacial score (nSPS) is 14.6. The third-order valence-corrected chi connectivity index (χ3v) is 2.85. The molecule has 0 radical (unpaired) electrons. The molecule has 2 N–H and O–H groups in total. The van der Waals surface area contributed by atoms with Crippen LogP contribution >= 0.6 is 0 Å². The minimum absolute atomic E-state index is 0.327. The Labute approximate surface area is 131 Å². The molecular formula is C15H25N3O4. The molecule has 0 aromatic heterocycles. The Morgan fingerprint density at radius 3 is 2.14 bits per heavy atom. The lowest BCUT2D eigenvalue weighted by molar-refractivity contribution is -0.140. The number of ether oxygens (including phenoxy) is 1. The fraction of sp³-hybridized carbons (Fsp3) is 0.667. The third-order valence-electron chi connectivity index (χ3n) is 2.85. The highest BCUT2D eigenvalue weighted by Gasteiger charge is 2.22. The number of amides is 3. The molecule has 1 aliphatic heterocycles. The molecule has 3 amide bonds. The van der Waals surface area contributed by atoms with E-state index in [4.69, 9.17) is 4.74 Å². The third kappa shape index (κ3) is 7.21. The molecule has 0 aromatic rings. The van der Waals surface area contributed by atoms with Crippen molar-refractivity contribution in [3.8, 4) is 0 Å². The average Bonchev–Trinajstić information content (AvgIpc) is 2.71. The van der Waals surface area contributed by atoms with E-state index in [-0.39, 0.29) is 11.8 Å². The van der Waals surface area contributed by atoms with Crippen molar-refractivity contribution in [1.82, 2.24) is 15.8 Å². The largest absolute Gasteiger partial charge is 0.444 e. The summed E-state index contributed by atoms with van der Waals surface area (Å²) in [5, 5.41) is 3.72. The molecule has 7 nitrogen and oxygen atoms in total. The zero-order valence-corrected chi connectivity index (χ0v) is 13.5. The summed E-state index contributed by atoms with van der Waals surface area (Å²) < 4.78 is 5.12. The molecule has 0 bridgehead atoms. The molecule has 0 saturated heterocycles. The number of carbonyl (C=O) groups is 3. The summed E-state index contributed by atoms with van der Waals surface area (Å²) in [6, 6.07) is 0. The fourth-order valence-electron chi connectivity index (χ4n) is 1.86. The Hall–Kier alpha value is -1.89. The highest BCUT2D eigenvalue weighted by molar-refractivity contribution is 6.12. The Kier molecular flexibility index (Phi) is 7.04. The number of hydrogen-bond acceptors (Lipinski definition) is 5. The van der Waals surface area contributed by atoms with Crippen molar-refractivity contribution in [2.45, 2.75) is 52.1 Å². The van der Waals surface area contributed by atoms with Crippen molar-refractivity contribution in [1.29, 1.82) is 0 Å². The van der Waals surface area contributed by atoms with E-state index in [1.54, 1.807) is 0 Å². The topological polar surface area (TPSA) is 87.7 Å². The first-order valence-corrected chi connectivity index (χ1v) is 7.56. The second-order valence-corrected chi connectivity index (χ2v) is 6.10. The predicted molar refractivity (Wildman–Crippen MR) is 81.7 cm³/mol. The lowest BCUT2D eigenvalue weighted by atomic mass is 10.2. The van der Waals surface area contributed by atoms with Crippen LogP contribution in [0.3, 0.4) is 0 Å². The van der Waals surface area contributed by atoms with E-state index in [0.717, 1.165) is 30.7 Å². The van der Waals surface area contributed by atoms with Crippen LogP contribution in [0.4, 0.5) is 4.79 Å². The van der Waals surface area contributed by atoms with E-state index in [9.17, 15) is 14.4 Å². The van der Waals surface area contributed by atoms with E-state index < -0.39 is 11.7 Å². The Bertz CT molecular complexity index is 423. The first-order chi connectivity index (χ1) is 10.3. The standard InChI is InChI=1S/C15H25N3O4/c1-15(2,3)22-14(21)16-10-6-4-5-7-11-17-18-12(19)8-9-13(18)20/h8-9,17H,4-7,10-11H2,1-3H3,(H,16,21). The minimum Gasteiger partial charge on any atom is -0.444 e. The average molecular weight is 311 g/mol. The van der Waals surface area contributed by atoms with Gasteiger partial charge in [-0.05, 0) is 33.6 Å². The van der Waals surface area contributed by atoms with Gasteiger partial charge in [-0.25, -0.2) is 15.2 Å². The zero-order valence-electron chi connectivity index (χ0n) is 13.5. The Morgan fingerprint density at radius 2 is 1.59 bits per heavy atom. The molecule has 0 atom stereocenters. The molecule has 0 aliphatic carbocycles. The number of hydrazine groups is 1. The number of carbonyl (C=O) groups excluding carboxylic acids is 3. The first kappa shape index (κ1) is 18.2. The van der Waals surface area contributed by atoms with Gasteiger partial charge < -0.3 is 10.1 Å². The smallest absolute Gasteiger partial charge is 0.407 e. The Morgan fingerprint density at radius 1 is 1.05 bits per heavy atom. The van der Waals surface area contributed by atoms with Crippen molar-refractivity contribution >= 4 is 17.9 Å². The second kappa shape index (κ2) is 8.53. The molecule has 0 unspecified atom stereocenters. The van der Waals surface area contributed by atoms with Gasteiger partial charge >= 0.3 is 6.09 Å². The number of nitrogens with one attached hydrogen (secondary N) is 2. The van der Waals surface area contributed by atoms with Gasteiger partial charge in [-0.2, -0.15) is 0 Å². The summed E-state index contributed by atoms with van der Waals surface area (Å²) in [4.78, 5) is 33.9. The maximum atomic E-state index is 11.4. The van der Waals surface area contributed by atoms with Gasteiger partial charge in [-0.1, -0.05) is 12.8 Å². The van der Waals surface area contributed by atoms with Crippen molar-refractivity contribution in [3.05, 3.63) is 12.2 Å². The molecular weight excluding hydrogens is 286 g/mol. The molecule has 7 heteroatoms. The quantitative estimate of drug-likeness (QED) is 0.524. The summed E-state index contributed by atoms with van der Waals surface area (Å²) in [6.45, 7) is 6.62. The van der Waals surface area contributed by atoms with Crippen molar-refractivity contribution < 1.29 is 19.1 Å². The molecule has 1 rings (SSSR count). The summed E-state index contributed by atoms with van der Waals surface area (Å²) in [7, 11) is 0. The SMILES string of the molecule is CC(C)(C)OC(=O)NCCCCCCNN1C(=O)C=CC1=O. The lowest BCUT2D eigenvalue weighted by Gasteiger charge is -2.19. The number of rotatable bonds is 8. The lowest BCUT2D eigenvalue weighted by Crippen LogP contribution is -2.42. The highest BCUT2D eigenvalue weighted by Crippen LogP contribution is 2.06. The summed E-state index contributed by atoms with van der Waals surface area (Å²) in [6.07, 6.45) is 5.72. The highest BCUT2D eigenvalue weighted by atomic mass is 16.6. The van der Waals surface area contributed by atoms with Gasteiger partial charge in [0.1, 0.15) is 5.60 Å². The van der Waals surface area contributed by atoms with Gasteiger partial charge in [0, 0.05) is 25.2 Å². The van der Waals surface area contributed by atoms with E-state index in [2.05, 4.69) is 10.7 Å². The van der Waals surface area contributed by atoms with E-state index in [1.165, 1.54) is 12.2 Å². The molecule has 0 saturated carbocycles. The van der Waals surface area contributed by atoms with E-state index in [0.29, 0.717) is 13.1 Å². The van der Waals surface area contributed by atoms with Crippen LogP contribution in [-0.4, -0.2) is 41.6 Å². The van der Waals surface area contributed by atoms with Crippen LogP contribution in [0.15, 0.2) is 12.2 Å².